The molecule has 1 aromatic rings. The highest BCUT2D eigenvalue weighted by Gasteiger charge is 2.06. The van der Waals surface area contributed by atoms with E-state index in [1.807, 2.05) is 19.0 Å². The predicted octanol–water partition coefficient (Wildman–Crippen LogP) is 2.86. The molecule has 3 heteroatoms. The van der Waals surface area contributed by atoms with E-state index in [1.165, 1.54) is 11.1 Å². The Bertz CT molecular complexity index is 405. The second-order valence-corrected chi connectivity index (χ2v) is 5.83. The molecule has 0 aliphatic rings. The average Bonchev–Trinajstić information content (AvgIpc) is 2.35. The van der Waals surface area contributed by atoms with Crippen LogP contribution in [0.4, 0.5) is 0 Å². The first-order chi connectivity index (χ1) is 8.90. The van der Waals surface area contributed by atoms with Gasteiger partial charge in [-0.15, -0.1) is 0 Å². The van der Waals surface area contributed by atoms with Gasteiger partial charge in [-0.1, -0.05) is 45.0 Å². The second kappa shape index (κ2) is 7.17. The molecule has 1 unspecified atom stereocenters. The topological polar surface area (TPSA) is 41.6 Å². The quantitative estimate of drug-likeness (QED) is 0.654. The van der Waals surface area contributed by atoms with Gasteiger partial charge in [0.05, 0.1) is 0 Å². The number of hydrogen-bond donors (Lipinski definition) is 1. The lowest BCUT2D eigenvalue weighted by molar-refractivity contribution is 0.605. The van der Waals surface area contributed by atoms with Crippen molar-refractivity contribution in [3.8, 4) is 0 Å². The van der Waals surface area contributed by atoms with Crippen LogP contribution < -0.4 is 5.73 Å². The van der Waals surface area contributed by atoms with Crippen molar-refractivity contribution in [2.45, 2.75) is 33.1 Å². The fourth-order valence-electron chi connectivity index (χ4n) is 1.93. The van der Waals surface area contributed by atoms with Crippen LogP contribution in [0.1, 0.15) is 37.8 Å². The van der Waals surface area contributed by atoms with E-state index in [1.54, 1.807) is 0 Å². The van der Waals surface area contributed by atoms with Crippen molar-refractivity contribution in [2.24, 2.45) is 16.6 Å². The summed E-state index contributed by atoms with van der Waals surface area (Å²) in [5.74, 6) is 1.68. The molecule has 19 heavy (non-hydrogen) atoms. The van der Waals surface area contributed by atoms with Gasteiger partial charge in [-0.3, -0.25) is 4.99 Å². The minimum Gasteiger partial charge on any atom is -0.370 e. The smallest absolute Gasteiger partial charge is 0.190 e. The Morgan fingerprint density at radius 3 is 2.21 bits per heavy atom. The lowest BCUT2D eigenvalue weighted by Crippen LogP contribution is -2.30. The third-order valence-electron chi connectivity index (χ3n) is 3.18. The fourth-order valence-corrected chi connectivity index (χ4v) is 1.93. The average molecular weight is 261 g/mol. The van der Waals surface area contributed by atoms with Crippen LogP contribution in [0.3, 0.4) is 0 Å². The molecule has 0 aromatic heterocycles. The van der Waals surface area contributed by atoms with Crippen molar-refractivity contribution in [3.63, 3.8) is 0 Å². The standard InChI is InChI=1S/C16H27N3/c1-12(2)10-14-6-8-15(9-7-14)13(3)11-18-16(17)19(4)5/h6-9,12-13H,10-11H2,1-5H3,(H2,17,18). The molecule has 1 rings (SSSR count). The summed E-state index contributed by atoms with van der Waals surface area (Å²) in [4.78, 5) is 6.22. The summed E-state index contributed by atoms with van der Waals surface area (Å²) < 4.78 is 0. The van der Waals surface area contributed by atoms with E-state index in [9.17, 15) is 0 Å². The van der Waals surface area contributed by atoms with Crippen molar-refractivity contribution >= 4 is 5.96 Å². The Kier molecular flexibility index (Phi) is 5.87. The number of hydrogen-bond acceptors (Lipinski definition) is 1. The molecule has 0 saturated heterocycles. The Hall–Kier alpha value is -1.51. The van der Waals surface area contributed by atoms with E-state index in [0.717, 1.165) is 13.0 Å². The van der Waals surface area contributed by atoms with Crippen LogP contribution in [0, 0.1) is 5.92 Å². The third kappa shape index (κ3) is 5.33. The van der Waals surface area contributed by atoms with E-state index in [-0.39, 0.29) is 0 Å². The maximum atomic E-state index is 5.80. The van der Waals surface area contributed by atoms with Crippen molar-refractivity contribution < 1.29 is 0 Å². The first kappa shape index (κ1) is 15.5. The highest BCUT2D eigenvalue weighted by molar-refractivity contribution is 5.77. The van der Waals surface area contributed by atoms with Gasteiger partial charge in [-0.25, -0.2) is 0 Å². The van der Waals surface area contributed by atoms with Gasteiger partial charge < -0.3 is 10.6 Å². The monoisotopic (exact) mass is 261 g/mol. The van der Waals surface area contributed by atoms with E-state index in [4.69, 9.17) is 5.73 Å². The summed E-state index contributed by atoms with van der Waals surface area (Å²) in [6, 6.07) is 8.88. The highest BCUT2D eigenvalue weighted by Crippen LogP contribution is 2.17. The number of rotatable bonds is 5. The molecule has 1 aromatic carbocycles. The molecular weight excluding hydrogens is 234 g/mol. The Balaban J connectivity index is 2.62. The fraction of sp³-hybridized carbons (Fsp3) is 0.562. The highest BCUT2D eigenvalue weighted by atomic mass is 15.2. The molecule has 0 radical (unpaired) electrons. The molecule has 1 atom stereocenters. The normalized spacial score (nSPS) is 13.7. The van der Waals surface area contributed by atoms with Gasteiger partial charge in [0, 0.05) is 26.6 Å². The summed E-state index contributed by atoms with van der Waals surface area (Å²) in [6.07, 6.45) is 1.14. The number of guanidine groups is 1. The summed E-state index contributed by atoms with van der Waals surface area (Å²) in [5, 5.41) is 0. The van der Waals surface area contributed by atoms with E-state index >= 15 is 0 Å². The van der Waals surface area contributed by atoms with Crippen LogP contribution in [0.5, 0.6) is 0 Å². The zero-order valence-corrected chi connectivity index (χ0v) is 12.9. The van der Waals surface area contributed by atoms with Gasteiger partial charge in [0.2, 0.25) is 0 Å². The van der Waals surface area contributed by atoms with Gasteiger partial charge in [0.25, 0.3) is 0 Å². The van der Waals surface area contributed by atoms with Crippen molar-refractivity contribution in [3.05, 3.63) is 35.4 Å². The molecular formula is C16H27N3. The van der Waals surface area contributed by atoms with Gasteiger partial charge in [0.15, 0.2) is 5.96 Å². The molecule has 0 aliphatic heterocycles. The first-order valence-electron chi connectivity index (χ1n) is 6.96. The number of aliphatic imine (C=N–C) groups is 1. The van der Waals surface area contributed by atoms with Crippen LogP contribution in [0.2, 0.25) is 0 Å². The molecule has 106 valence electrons. The van der Waals surface area contributed by atoms with Crippen LogP contribution in [-0.4, -0.2) is 31.5 Å². The third-order valence-corrected chi connectivity index (χ3v) is 3.18. The van der Waals surface area contributed by atoms with E-state index in [2.05, 4.69) is 50.0 Å². The van der Waals surface area contributed by atoms with Gasteiger partial charge in [-0.05, 0) is 23.5 Å². The largest absolute Gasteiger partial charge is 0.370 e. The molecule has 2 N–H and O–H groups in total. The lowest BCUT2D eigenvalue weighted by atomic mass is 9.97. The van der Waals surface area contributed by atoms with Crippen LogP contribution in [-0.2, 0) is 6.42 Å². The summed E-state index contributed by atoms with van der Waals surface area (Å²) in [6.45, 7) is 7.40. The first-order valence-corrected chi connectivity index (χ1v) is 6.96. The minimum atomic E-state index is 0.395. The van der Waals surface area contributed by atoms with E-state index < -0.39 is 0 Å². The molecule has 3 nitrogen and oxygen atoms in total. The van der Waals surface area contributed by atoms with Crippen molar-refractivity contribution in [1.29, 1.82) is 0 Å². The molecule has 0 saturated carbocycles. The molecule has 0 aliphatic carbocycles. The molecule has 0 fully saturated rings. The van der Waals surface area contributed by atoms with E-state index in [0.29, 0.717) is 17.8 Å². The van der Waals surface area contributed by atoms with Crippen molar-refractivity contribution in [2.75, 3.05) is 20.6 Å². The molecule has 0 bridgehead atoms. The lowest BCUT2D eigenvalue weighted by Gasteiger charge is -2.14. The van der Waals surface area contributed by atoms with Crippen LogP contribution in [0.15, 0.2) is 29.3 Å². The number of benzene rings is 1. The maximum Gasteiger partial charge on any atom is 0.190 e. The number of nitrogens with two attached hydrogens (primary N) is 1. The zero-order valence-electron chi connectivity index (χ0n) is 12.9. The molecule has 0 amide bonds. The van der Waals surface area contributed by atoms with Crippen molar-refractivity contribution in [1.82, 2.24) is 4.90 Å². The molecule has 0 spiro atoms. The van der Waals surface area contributed by atoms with Crippen LogP contribution >= 0.6 is 0 Å². The van der Waals surface area contributed by atoms with Gasteiger partial charge >= 0.3 is 0 Å². The molecule has 0 heterocycles. The van der Waals surface area contributed by atoms with Gasteiger partial charge in [0.1, 0.15) is 0 Å². The summed E-state index contributed by atoms with van der Waals surface area (Å²) in [7, 11) is 3.81. The minimum absolute atomic E-state index is 0.395. The van der Waals surface area contributed by atoms with Gasteiger partial charge in [-0.2, -0.15) is 0 Å². The summed E-state index contributed by atoms with van der Waals surface area (Å²) in [5.41, 5.74) is 8.52. The SMILES string of the molecule is CC(C)Cc1ccc(C(C)CN=C(N)N(C)C)cc1. The van der Waals surface area contributed by atoms with Crippen LogP contribution in [0.25, 0.3) is 0 Å². The predicted molar refractivity (Wildman–Crippen MR) is 83.6 cm³/mol. The Morgan fingerprint density at radius 1 is 1.16 bits per heavy atom. The summed E-state index contributed by atoms with van der Waals surface area (Å²) >= 11 is 0. The Morgan fingerprint density at radius 2 is 1.74 bits per heavy atom. The Labute approximate surface area is 117 Å². The number of nitrogens with zero attached hydrogens (tertiary/aromatic N) is 2. The zero-order chi connectivity index (χ0) is 14.4. The second-order valence-electron chi connectivity index (χ2n) is 5.83. The maximum absolute atomic E-state index is 5.80.